The molecule has 1 aromatic carbocycles. The third-order valence-electron chi connectivity index (χ3n) is 2.25. The van der Waals surface area contributed by atoms with Crippen molar-refractivity contribution in [1.82, 2.24) is 9.97 Å². The standard InChI is InChI=1S/C12H11F2N3O/c1-12(13,14)8-3-2-4-9(7-8)18-11-10(15)16-5-6-17-11/h2-7H,1H3,(H2,15,16). The Morgan fingerprint density at radius 3 is 2.61 bits per heavy atom. The van der Waals surface area contributed by atoms with Gasteiger partial charge in [0, 0.05) is 24.9 Å². The molecule has 0 bridgehead atoms. The summed E-state index contributed by atoms with van der Waals surface area (Å²) in [5, 5.41) is 0. The third kappa shape index (κ3) is 2.71. The Bertz CT molecular complexity index is 555. The molecule has 18 heavy (non-hydrogen) atoms. The van der Waals surface area contributed by atoms with E-state index in [4.69, 9.17) is 10.5 Å². The quantitative estimate of drug-likeness (QED) is 0.911. The van der Waals surface area contributed by atoms with Gasteiger partial charge in [0.05, 0.1) is 0 Å². The second-order valence-electron chi connectivity index (χ2n) is 3.77. The van der Waals surface area contributed by atoms with Gasteiger partial charge in [-0.2, -0.15) is 0 Å². The van der Waals surface area contributed by atoms with Crippen LogP contribution in [0.1, 0.15) is 12.5 Å². The van der Waals surface area contributed by atoms with Gasteiger partial charge < -0.3 is 10.5 Å². The Morgan fingerprint density at radius 1 is 1.22 bits per heavy atom. The highest BCUT2D eigenvalue weighted by molar-refractivity contribution is 5.42. The summed E-state index contributed by atoms with van der Waals surface area (Å²) in [6.45, 7) is 0.822. The van der Waals surface area contributed by atoms with Gasteiger partial charge in [-0.05, 0) is 12.1 Å². The summed E-state index contributed by atoms with van der Waals surface area (Å²) in [6, 6.07) is 5.60. The molecule has 0 amide bonds. The summed E-state index contributed by atoms with van der Waals surface area (Å²) in [5.41, 5.74) is 5.41. The monoisotopic (exact) mass is 251 g/mol. The van der Waals surface area contributed by atoms with Gasteiger partial charge in [-0.25, -0.2) is 18.7 Å². The van der Waals surface area contributed by atoms with E-state index in [1.54, 1.807) is 6.07 Å². The van der Waals surface area contributed by atoms with Gasteiger partial charge in [0.25, 0.3) is 11.8 Å². The maximum absolute atomic E-state index is 13.1. The van der Waals surface area contributed by atoms with Crippen molar-refractivity contribution in [2.45, 2.75) is 12.8 Å². The lowest BCUT2D eigenvalue weighted by atomic mass is 10.1. The number of nitrogens with two attached hydrogens (primary N) is 1. The van der Waals surface area contributed by atoms with Gasteiger partial charge in [-0.1, -0.05) is 12.1 Å². The van der Waals surface area contributed by atoms with Crippen LogP contribution in [0.2, 0.25) is 0 Å². The van der Waals surface area contributed by atoms with Gasteiger partial charge in [-0.3, -0.25) is 0 Å². The average molecular weight is 251 g/mol. The van der Waals surface area contributed by atoms with Crippen LogP contribution in [0.15, 0.2) is 36.7 Å². The van der Waals surface area contributed by atoms with Crippen LogP contribution in [0.25, 0.3) is 0 Å². The molecular weight excluding hydrogens is 240 g/mol. The highest BCUT2D eigenvalue weighted by atomic mass is 19.3. The molecule has 0 spiro atoms. The first-order valence-electron chi connectivity index (χ1n) is 5.19. The molecule has 0 fully saturated rings. The molecule has 0 aliphatic heterocycles. The van der Waals surface area contributed by atoms with Gasteiger partial charge >= 0.3 is 0 Å². The van der Waals surface area contributed by atoms with Gasteiger partial charge in [-0.15, -0.1) is 0 Å². The summed E-state index contributed by atoms with van der Waals surface area (Å²) in [7, 11) is 0. The predicted molar refractivity (Wildman–Crippen MR) is 62.5 cm³/mol. The summed E-state index contributed by atoms with van der Waals surface area (Å²) < 4.78 is 31.6. The Morgan fingerprint density at radius 2 is 1.94 bits per heavy atom. The van der Waals surface area contributed by atoms with Crippen molar-refractivity contribution in [3.63, 3.8) is 0 Å². The number of benzene rings is 1. The SMILES string of the molecule is CC(F)(F)c1cccc(Oc2nccnc2N)c1. The maximum atomic E-state index is 13.1. The number of aromatic nitrogens is 2. The molecule has 94 valence electrons. The molecule has 0 aliphatic carbocycles. The van der Waals surface area contributed by atoms with E-state index in [0.717, 1.165) is 6.92 Å². The minimum absolute atomic E-state index is 0.0917. The van der Waals surface area contributed by atoms with Gasteiger partial charge in [0.1, 0.15) is 5.75 Å². The highest BCUT2D eigenvalue weighted by Crippen LogP contribution is 2.31. The van der Waals surface area contributed by atoms with E-state index in [2.05, 4.69) is 9.97 Å². The maximum Gasteiger partial charge on any atom is 0.270 e. The minimum atomic E-state index is -2.92. The molecular formula is C12H11F2N3O. The fourth-order valence-corrected chi connectivity index (χ4v) is 1.36. The van der Waals surface area contributed by atoms with Crippen LogP contribution in [0.4, 0.5) is 14.6 Å². The molecule has 0 aliphatic rings. The summed E-state index contributed by atoms with van der Waals surface area (Å²) >= 11 is 0. The fourth-order valence-electron chi connectivity index (χ4n) is 1.36. The van der Waals surface area contributed by atoms with Crippen LogP contribution >= 0.6 is 0 Å². The molecule has 0 unspecified atom stereocenters. The number of anilines is 1. The minimum Gasteiger partial charge on any atom is -0.436 e. The molecule has 0 radical (unpaired) electrons. The summed E-state index contributed by atoms with van der Waals surface area (Å²) in [4.78, 5) is 7.66. The summed E-state index contributed by atoms with van der Waals surface area (Å²) in [6.07, 6.45) is 2.82. The Balaban J connectivity index is 2.28. The predicted octanol–water partition coefficient (Wildman–Crippen LogP) is 2.96. The van der Waals surface area contributed by atoms with Crippen LogP contribution in [0.5, 0.6) is 11.6 Å². The Hall–Kier alpha value is -2.24. The first-order valence-corrected chi connectivity index (χ1v) is 5.19. The van der Waals surface area contributed by atoms with E-state index >= 15 is 0 Å². The van der Waals surface area contributed by atoms with Crippen molar-refractivity contribution in [2.75, 3.05) is 5.73 Å². The van der Waals surface area contributed by atoms with Crippen molar-refractivity contribution in [2.24, 2.45) is 0 Å². The van der Waals surface area contributed by atoms with Gasteiger partial charge in [0.2, 0.25) is 0 Å². The lowest BCUT2D eigenvalue weighted by Crippen LogP contribution is -2.06. The molecule has 6 heteroatoms. The molecule has 2 rings (SSSR count). The molecule has 0 saturated carbocycles. The van der Waals surface area contributed by atoms with Gasteiger partial charge in [0.15, 0.2) is 5.82 Å². The van der Waals surface area contributed by atoms with E-state index < -0.39 is 5.92 Å². The number of nitrogen functional groups attached to an aromatic ring is 1. The topological polar surface area (TPSA) is 61.0 Å². The zero-order chi connectivity index (χ0) is 13.2. The first-order chi connectivity index (χ1) is 8.47. The number of nitrogens with zero attached hydrogens (tertiary/aromatic N) is 2. The van der Waals surface area contributed by atoms with Crippen molar-refractivity contribution < 1.29 is 13.5 Å². The van der Waals surface area contributed by atoms with E-state index in [9.17, 15) is 8.78 Å². The Kier molecular flexibility index (Phi) is 3.10. The lowest BCUT2D eigenvalue weighted by molar-refractivity contribution is 0.0173. The number of hydrogen-bond acceptors (Lipinski definition) is 4. The van der Waals surface area contributed by atoms with E-state index in [1.807, 2.05) is 0 Å². The Labute approximate surface area is 102 Å². The van der Waals surface area contributed by atoms with Crippen LogP contribution < -0.4 is 10.5 Å². The second-order valence-corrected chi connectivity index (χ2v) is 3.77. The normalized spacial score (nSPS) is 11.3. The number of ether oxygens (including phenoxy) is 1. The third-order valence-corrected chi connectivity index (χ3v) is 2.25. The van der Waals surface area contributed by atoms with Crippen molar-refractivity contribution >= 4 is 5.82 Å². The summed E-state index contributed by atoms with van der Waals surface area (Å²) in [5.74, 6) is -2.49. The molecule has 1 heterocycles. The zero-order valence-corrected chi connectivity index (χ0v) is 9.60. The van der Waals surface area contributed by atoms with Crippen molar-refractivity contribution in [1.29, 1.82) is 0 Å². The number of hydrogen-bond donors (Lipinski definition) is 1. The molecule has 1 aromatic heterocycles. The lowest BCUT2D eigenvalue weighted by Gasteiger charge is -2.12. The highest BCUT2D eigenvalue weighted by Gasteiger charge is 2.24. The van der Waals surface area contributed by atoms with E-state index in [0.29, 0.717) is 0 Å². The largest absolute Gasteiger partial charge is 0.436 e. The van der Waals surface area contributed by atoms with Crippen LogP contribution in [-0.2, 0) is 5.92 Å². The van der Waals surface area contributed by atoms with E-state index in [1.165, 1.54) is 30.6 Å². The molecule has 2 aromatic rings. The van der Waals surface area contributed by atoms with Crippen LogP contribution in [0, 0.1) is 0 Å². The van der Waals surface area contributed by atoms with Crippen LogP contribution in [0.3, 0.4) is 0 Å². The zero-order valence-electron chi connectivity index (χ0n) is 9.60. The van der Waals surface area contributed by atoms with E-state index in [-0.39, 0.29) is 23.0 Å². The second kappa shape index (κ2) is 4.56. The molecule has 0 atom stereocenters. The number of halogens is 2. The molecule has 4 nitrogen and oxygen atoms in total. The first kappa shape index (κ1) is 12.2. The number of rotatable bonds is 3. The van der Waals surface area contributed by atoms with Crippen LogP contribution in [-0.4, -0.2) is 9.97 Å². The smallest absolute Gasteiger partial charge is 0.270 e. The average Bonchev–Trinajstić information content (AvgIpc) is 2.31. The van der Waals surface area contributed by atoms with Crippen molar-refractivity contribution in [3.8, 4) is 11.6 Å². The van der Waals surface area contributed by atoms with Crippen molar-refractivity contribution in [3.05, 3.63) is 42.2 Å². The molecule has 0 saturated heterocycles. The fraction of sp³-hybridized carbons (Fsp3) is 0.167. The number of alkyl halides is 2. The molecule has 2 N–H and O–H groups in total.